The molecule has 0 nitrogen and oxygen atoms in total. The largest absolute Gasteiger partial charge is 2.00 e. The fourth-order valence-corrected chi connectivity index (χ4v) is 0. The molecule has 0 saturated heterocycles. The van der Waals surface area contributed by atoms with E-state index in [4.69, 9.17) is 0 Å². The van der Waals surface area contributed by atoms with E-state index in [1.54, 1.807) is 13.8 Å². The van der Waals surface area contributed by atoms with Crippen LogP contribution in [0.25, 0.3) is 0 Å². The van der Waals surface area contributed by atoms with E-state index in [1.807, 2.05) is 0 Å². The summed E-state index contributed by atoms with van der Waals surface area (Å²) < 4.78 is 0. The van der Waals surface area contributed by atoms with E-state index < -0.39 is 0 Å². The maximum absolute atomic E-state index is 3.25. The Kier molecular flexibility index (Phi) is 437. The van der Waals surface area contributed by atoms with Gasteiger partial charge in [0.05, 0.1) is 0 Å². The van der Waals surface area contributed by atoms with Crippen LogP contribution in [0.1, 0.15) is 13.8 Å². The Morgan fingerprint density at radius 2 is 0.833 bits per heavy atom. The first-order valence-electron chi connectivity index (χ1n) is 1.41. The van der Waals surface area contributed by atoms with Crippen LogP contribution in [0.15, 0.2) is 0 Å². The fraction of sp³-hybridized carbons (Fsp3) is 0.500. The van der Waals surface area contributed by atoms with Crippen molar-refractivity contribution in [1.29, 1.82) is 0 Å². The molecule has 0 rings (SSSR count). The molecule has 6 heavy (non-hydrogen) atoms. The summed E-state index contributed by atoms with van der Waals surface area (Å²) in [5, 5.41) is 0. The molecular formula is C4H11IZn. The SMILES string of the molecule is I.[CH2-]C.[CH2-]C.[Zn+2]. The maximum Gasteiger partial charge on any atom is 2.00 e. The van der Waals surface area contributed by atoms with Gasteiger partial charge in [0.2, 0.25) is 0 Å². The first-order chi connectivity index (χ1) is 2.00. The number of hydrogen-bond acceptors (Lipinski definition) is 0. The molecule has 0 aromatic heterocycles. The minimum absolute atomic E-state index is 0. The first kappa shape index (κ1) is 26.4. The zero-order chi connectivity index (χ0) is 4.00. The van der Waals surface area contributed by atoms with Crippen molar-refractivity contribution in [1.82, 2.24) is 0 Å². The summed E-state index contributed by atoms with van der Waals surface area (Å²) >= 11 is 0. The van der Waals surface area contributed by atoms with Crippen molar-refractivity contribution < 1.29 is 19.5 Å². The molecule has 0 heterocycles. The normalized spacial score (nSPS) is 2.00. The van der Waals surface area contributed by atoms with Gasteiger partial charge in [-0.05, 0) is 0 Å². The van der Waals surface area contributed by atoms with Gasteiger partial charge < -0.3 is 13.8 Å². The van der Waals surface area contributed by atoms with Crippen molar-refractivity contribution >= 4 is 24.0 Å². The molecule has 2 heteroatoms. The average molecular weight is 251 g/mol. The van der Waals surface area contributed by atoms with Crippen LogP contribution >= 0.6 is 24.0 Å². The van der Waals surface area contributed by atoms with Crippen LogP contribution in [0.3, 0.4) is 0 Å². The van der Waals surface area contributed by atoms with Crippen LogP contribution in [0.5, 0.6) is 0 Å². The topological polar surface area (TPSA) is 0 Å². The van der Waals surface area contributed by atoms with Gasteiger partial charge in [-0.3, -0.25) is 0 Å². The predicted molar refractivity (Wildman–Crippen MR) is 37.5 cm³/mol. The molecule has 0 aliphatic heterocycles. The van der Waals surface area contributed by atoms with Crippen LogP contribution in [0.2, 0.25) is 0 Å². The van der Waals surface area contributed by atoms with E-state index >= 15 is 0 Å². The Labute approximate surface area is 70.9 Å². The molecule has 0 saturated carbocycles. The van der Waals surface area contributed by atoms with E-state index in [9.17, 15) is 0 Å². The van der Waals surface area contributed by atoms with Crippen molar-refractivity contribution in [3.63, 3.8) is 0 Å². The Morgan fingerprint density at radius 3 is 0.833 bits per heavy atom. The zero-order valence-corrected chi connectivity index (χ0v) is 9.83. The van der Waals surface area contributed by atoms with Crippen molar-refractivity contribution in [3.8, 4) is 0 Å². The molecule has 0 aromatic rings. The van der Waals surface area contributed by atoms with Gasteiger partial charge in [-0.2, -0.15) is 13.8 Å². The van der Waals surface area contributed by atoms with Gasteiger partial charge in [-0.15, -0.1) is 24.0 Å². The Morgan fingerprint density at radius 1 is 0.833 bits per heavy atom. The number of rotatable bonds is 0. The summed E-state index contributed by atoms with van der Waals surface area (Å²) in [5.41, 5.74) is 0. The monoisotopic (exact) mass is 250 g/mol. The van der Waals surface area contributed by atoms with E-state index in [2.05, 4.69) is 13.8 Å². The molecule has 0 fully saturated rings. The molecule has 0 atom stereocenters. The molecular weight excluding hydrogens is 240 g/mol. The van der Waals surface area contributed by atoms with Gasteiger partial charge in [0.1, 0.15) is 0 Å². The molecule has 0 amide bonds. The Bertz CT molecular complexity index is 7.51. The van der Waals surface area contributed by atoms with Crippen LogP contribution < -0.4 is 0 Å². The first-order valence-corrected chi connectivity index (χ1v) is 1.41. The summed E-state index contributed by atoms with van der Waals surface area (Å²) in [5.74, 6) is 0. The third-order valence-corrected chi connectivity index (χ3v) is 0. The summed E-state index contributed by atoms with van der Waals surface area (Å²) in [6, 6.07) is 0. The third-order valence-electron chi connectivity index (χ3n) is 0. The van der Waals surface area contributed by atoms with Crippen LogP contribution in [-0.4, -0.2) is 0 Å². The summed E-state index contributed by atoms with van der Waals surface area (Å²) in [6.45, 7) is 10.0. The quantitative estimate of drug-likeness (QED) is 0.352. The van der Waals surface area contributed by atoms with E-state index in [0.29, 0.717) is 0 Å². The zero-order valence-electron chi connectivity index (χ0n) is 4.53. The second-order valence-electron chi connectivity index (χ2n) is 0. The van der Waals surface area contributed by atoms with E-state index in [1.165, 1.54) is 0 Å². The molecule has 0 aliphatic carbocycles. The Balaban J connectivity index is -0.00000000500. The van der Waals surface area contributed by atoms with Gasteiger partial charge in [0.15, 0.2) is 0 Å². The number of halogens is 1. The van der Waals surface area contributed by atoms with Crippen LogP contribution in [-0.2, 0) is 19.5 Å². The minimum Gasteiger partial charge on any atom is -0.346 e. The summed E-state index contributed by atoms with van der Waals surface area (Å²) in [7, 11) is 0. The van der Waals surface area contributed by atoms with Gasteiger partial charge in [-0.25, -0.2) is 0 Å². The van der Waals surface area contributed by atoms with Crippen molar-refractivity contribution in [3.05, 3.63) is 13.8 Å². The summed E-state index contributed by atoms with van der Waals surface area (Å²) in [6.07, 6.45) is 0. The smallest absolute Gasteiger partial charge is 0.346 e. The van der Waals surface area contributed by atoms with Gasteiger partial charge in [-0.1, -0.05) is 0 Å². The average Bonchev–Trinajstić information content (AvgIpc) is 1.50. The number of hydrogen-bond donors (Lipinski definition) is 0. The van der Waals surface area contributed by atoms with Gasteiger partial charge in [0, 0.05) is 0 Å². The molecule has 0 spiro atoms. The molecule has 0 N–H and O–H groups in total. The van der Waals surface area contributed by atoms with E-state index in [-0.39, 0.29) is 43.5 Å². The molecule has 0 aromatic carbocycles. The molecule has 36 valence electrons. The second kappa shape index (κ2) is 99.4. The second-order valence-corrected chi connectivity index (χ2v) is 0. The summed E-state index contributed by atoms with van der Waals surface area (Å²) in [4.78, 5) is 0. The minimum atomic E-state index is 0. The van der Waals surface area contributed by atoms with Gasteiger partial charge >= 0.3 is 19.5 Å². The Hall–Kier alpha value is 1.35. The third kappa shape index (κ3) is 55.4. The van der Waals surface area contributed by atoms with Crippen molar-refractivity contribution in [2.24, 2.45) is 0 Å². The van der Waals surface area contributed by atoms with Crippen LogP contribution in [0, 0.1) is 13.8 Å². The predicted octanol–water partition coefficient (Wildman–Crippen LogP) is 2.30. The van der Waals surface area contributed by atoms with Crippen LogP contribution in [0.4, 0.5) is 0 Å². The van der Waals surface area contributed by atoms with Crippen molar-refractivity contribution in [2.75, 3.05) is 0 Å². The van der Waals surface area contributed by atoms with E-state index in [0.717, 1.165) is 0 Å². The molecule has 0 aliphatic rings. The molecule has 0 radical (unpaired) electrons. The maximum atomic E-state index is 3.25. The van der Waals surface area contributed by atoms with Gasteiger partial charge in [0.25, 0.3) is 0 Å². The van der Waals surface area contributed by atoms with Crippen molar-refractivity contribution in [2.45, 2.75) is 13.8 Å². The molecule has 0 unspecified atom stereocenters. The standard InChI is InChI=1S/2C2H5.HI.Zn/c2*1-2;;/h2*1H2,2H3;1H;/q2*-1;;+2. The fourth-order valence-electron chi connectivity index (χ4n) is 0. The molecule has 0 bridgehead atoms.